The van der Waals surface area contributed by atoms with Gasteiger partial charge in [0.15, 0.2) is 0 Å². The first-order chi connectivity index (χ1) is 12.7. The van der Waals surface area contributed by atoms with Crippen molar-refractivity contribution < 1.29 is 4.39 Å². The van der Waals surface area contributed by atoms with Crippen LogP contribution in [0.15, 0.2) is 30.3 Å². The highest BCUT2D eigenvalue weighted by molar-refractivity contribution is 5.59. The fourth-order valence-corrected chi connectivity index (χ4v) is 4.13. The van der Waals surface area contributed by atoms with Crippen molar-refractivity contribution in [1.82, 2.24) is 10.2 Å². The molecule has 3 heteroatoms. The van der Waals surface area contributed by atoms with Crippen molar-refractivity contribution in [2.75, 3.05) is 0 Å². The second-order valence-electron chi connectivity index (χ2n) is 7.81. The zero-order valence-electron chi connectivity index (χ0n) is 16.2. The smallest absolute Gasteiger partial charge is 0.132 e. The molecule has 1 aromatic carbocycles. The molecule has 1 heterocycles. The Balaban J connectivity index is 1.57. The normalized spacial score (nSPS) is 20.3. The maximum Gasteiger partial charge on any atom is 0.132 e. The van der Waals surface area contributed by atoms with Crippen molar-refractivity contribution in [3.8, 4) is 11.3 Å². The van der Waals surface area contributed by atoms with E-state index in [0.717, 1.165) is 42.4 Å². The fourth-order valence-electron chi connectivity index (χ4n) is 4.13. The lowest BCUT2D eigenvalue weighted by Crippen LogP contribution is -2.14. The second kappa shape index (κ2) is 9.25. The molecule has 1 fully saturated rings. The summed E-state index contributed by atoms with van der Waals surface area (Å²) in [7, 11) is 0. The molecule has 0 radical (unpaired) electrons. The summed E-state index contributed by atoms with van der Waals surface area (Å²) in [6.45, 7) is 4.41. The Morgan fingerprint density at radius 1 is 0.923 bits per heavy atom. The van der Waals surface area contributed by atoms with Crippen LogP contribution in [0.1, 0.15) is 70.1 Å². The van der Waals surface area contributed by atoms with E-state index in [4.69, 9.17) is 0 Å². The number of aromatic nitrogens is 2. The summed E-state index contributed by atoms with van der Waals surface area (Å²) in [5.74, 6) is 1.58. The zero-order chi connectivity index (χ0) is 18.4. The number of aryl methyl sites for hydroxylation is 2. The molecule has 0 atom stereocenters. The highest BCUT2D eigenvalue weighted by Crippen LogP contribution is 2.33. The van der Waals surface area contributed by atoms with Gasteiger partial charge in [-0.1, -0.05) is 58.4 Å². The van der Waals surface area contributed by atoms with Gasteiger partial charge in [-0.05, 0) is 60.9 Å². The van der Waals surface area contributed by atoms with Crippen LogP contribution in [0.2, 0.25) is 0 Å². The first-order valence-corrected chi connectivity index (χ1v) is 10.3. The Kier molecular flexibility index (Phi) is 6.76. The topological polar surface area (TPSA) is 25.8 Å². The summed E-state index contributed by atoms with van der Waals surface area (Å²) in [4.78, 5) is 0. The maximum atomic E-state index is 14.3. The molecule has 3 rings (SSSR count). The van der Waals surface area contributed by atoms with Crippen molar-refractivity contribution >= 4 is 0 Å². The van der Waals surface area contributed by atoms with Gasteiger partial charge < -0.3 is 0 Å². The maximum absolute atomic E-state index is 14.3. The lowest BCUT2D eigenvalue weighted by atomic mass is 9.79. The summed E-state index contributed by atoms with van der Waals surface area (Å²) in [5.41, 5.74) is 3.23. The van der Waals surface area contributed by atoms with E-state index >= 15 is 0 Å². The van der Waals surface area contributed by atoms with E-state index in [1.165, 1.54) is 38.5 Å². The Hall–Kier alpha value is -1.77. The number of nitrogens with zero attached hydrogens (tertiary/aromatic N) is 2. The molecule has 1 saturated carbocycles. The highest BCUT2D eigenvalue weighted by Gasteiger charge is 2.19. The Bertz CT molecular complexity index is 688. The second-order valence-corrected chi connectivity index (χ2v) is 7.81. The largest absolute Gasteiger partial charge is 0.206 e. The third kappa shape index (κ3) is 4.90. The minimum Gasteiger partial charge on any atom is -0.206 e. The van der Waals surface area contributed by atoms with Crippen LogP contribution in [0, 0.1) is 17.7 Å². The van der Waals surface area contributed by atoms with Crippen LogP contribution in [0.5, 0.6) is 0 Å². The molecule has 140 valence electrons. The van der Waals surface area contributed by atoms with Gasteiger partial charge in [-0.25, -0.2) is 4.39 Å². The van der Waals surface area contributed by atoms with Crippen LogP contribution >= 0.6 is 0 Å². The monoisotopic (exact) mass is 354 g/mol. The molecule has 1 aliphatic rings. The first-order valence-electron chi connectivity index (χ1n) is 10.3. The van der Waals surface area contributed by atoms with Crippen molar-refractivity contribution in [1.29, 1.82) is 0 Å². The number of benzene rings is 1. The molecule has 2 aromatic rings. The van der Waals surface area contributed by atoms with E-state index in [1.54, 1.807) is 6.07 Å². The molecule has 0 bridgehead atoms. The van der Waals surface area contributed by atoms with Gasteiger partial charge in [0, 0.05) is 5.56 Å². The summed E-state index contributed by atoms with van der Waals surface area (Å²) >= 11 is 0. The van der Waals surface area contributed by atoms with Crippen LogP contribution in [0.4, 0.5) is 4.39 Å². The van der Waals surface area contributed by atoms with Crippen molar-refractivity contribution in [2.24, 2.45) is 11.8 Å². The minimum atomic E-state index is -0.203. The van der Waals surface area contributed by atoms with Gasteiger partial charge in [-0.2, -0.15) is 10.2 Å². The van der Waals surface area contributed by atoms with Gasteiger partial charge >= 0.3 is 0 Å². The molecule has 0 saturated heterocycles. The van der Waals surface area contributed by atoms with Gasteiger partial charge in [0.05, 0.1) is 11.4 Å². The average molecular weight is 355 g/mol. The van der Waals surface area contributed by atoms with Crippen molar-refractivity contribution in [3.63, 3.8) is 0 Å². The van der Waals surface area contributed by atoms with Crippen LogP contribution in [0.3, 0.4) is 0 Å². The Labute approximate surface area is 157 Å². The third-order valence-electron chi connectivity index (χ3n) is 5.92. The number of halogens is 1. The van der Waals surface area contributed by atoms with E-state index in [-0.39, 0.29) is 5.82 Å². The molecular formula is C23H31FN2. The quantitative estimate of drug-likeness (QED) is 0.576. The van der Waals surface area contributed by atoms with Gasteiger partial charge in [0.25, 0.3) is 0 Å². The standard InChI is InChI=1S/C23H31FN2/c1-3-5-19-11-14-21(22(24)16-19)23-15-13-20(25-26-23)12-10-18-8-6-17(4-2)7-9-18/h11,13-18H,3-10,12H2,1-2H3. The SMILES string of the molecule is CCCc1ccc(-c2ccc(CCC3CCC(CC)CC3)nn2)c(F)c1. The molecule has 0 N–H and O–H groups in total. The summed E-state index contributed by atoms with van der Waals surface area (Å²) in [5, 5.41) is 8.64. The lowest BCUT2D eigenvalue weighted by molar-refractivity contribution is 0.258. The molecular weight excluding hydrogens is 323 g/mol. The summed E-state index contributed by atoms with van der Waals surface area (Å²) < 4.78 is 14.3. The minimum absolute atomic E-state index is 0.203. The van der Waals surface area contributed by atoms with Crippen molar-refractivity contribution in [3.05, 3.63) is 47.4 Å². The van der Waals surface area contributed by atoms with Crippen LogP contribution in [-0.2, 0) is 12.8 Å². The van der Waals surface area contributed by atoms with Crippen molar-refractivity contribution in [2.45, 2.75) is 71.6 Å². The molecule has 1 aliphatic carbocycles. The zero-order valence-corrected chi connectivity index (χ0v) is 16.2. The molecule has 0 aliphatic heterocycles. The van der Waals surface area contributed by atoms with Gasteiger partial charge in [-0.3, -0.25) is 0 Å². The molecule has 0 amide bonds. The molecule has 1 aromatic heterocycles. The Morgan fingerprint density at radius 2 is 1.69 bits per heavy atom. The molecule has 2 nitrogen and oxygen atoms in total. The van der Waals surface area contributed by atoms with E-state index in [9.17, 15) is 4.39 Å². The predicted octanol–water partition coefficient (Wildman–Crippen LogP) is 6.38. The number of hydrogen-bond donors (Lipinski definition) is 0. The van der Waals surface area contributed by atoms with Gasteiger partial charge in [0.2, 0.25) is 0 Å². The van der Waals surface area contributed by atoms with Gasteiger partial charge in [-0.15, -0.1) is 0 Å². The van der Waals surface area contributed by atoms with Crippen LogP contribution in [-0.4, -0.2) is 10.2 Å². The van der Waals surface area contributed by atoms with E-state index in [0.29, 0.717) is 11.3 Å². The predicted molar refractivity (Wildman–Crippen MR) is 105 cm³/mol. The van der Waals surface area contributed by atoms with Gasteiger partial charge in [0.1, 0.15) is 5.82 Å². The highest BCUT2D eigenvalue weighted by atomic mass is 19.1. The Morgan fingerprint density at radius 3 is 2.31 bits per heavy atom. The summed E-state index contributed by atoms with van der Waals surface area (Å²) in [6, 6.07) is 9.37. The van der Waals surface area contributed by atoms with E-state index < -0.39 is 0 Å². The number of hydrogen-bond acceptors (Lipinski definition) is 2. The third-order valence-corrected chi connectivity index (χ3v) is 5.92. The molecule has 26 heavy (non-hydrogen) atoms. The van der Waals surface area contributed by atoms with E-state index in [1.807, 2.05) is 24.3 Å². The number of rotatable bonds is 7. The fraction of sp³-hybridized carbons (Fsp3) is 0.565. The molecule has 0 spiro atoms. The first kappa shape index (κ1) is 19.0. The molecule has 0 unspecified atom stereocenters. The average Bonchev–Trinajstić information content (AvgIpc) is 2.68. The summed E-state index contributed by atoms with van der Waals surface area (Å²) in [6.07, 6.45) is 10.9. The van der Waals surface area contributed by atoms with Crippen LogP contribution in [0.25, 0.3) is 11.3 Å². The lowest BCUT2D eigenvalue weighted by Gasteiger charge is -2.27. The van der Waals surface area contributed by atoms with E-state index in [2.05, 4.69) is 24.0 Å². The van der Waals surface area contributed by atoms with Crippen LogP contribution < -0.4 is 0 Å².